The third-order valence-corrected chi connectivity index (χ3v) is 4.08. The summed E-state index contributed by atoms with van der Waals surface area (Å²) < 4.78 is 0. The lowest BCUT2D eigenvalue weighted by atomic mass is 9.80. The molecule has 1 nitrogen and oxygen atoms in total. The van der Waals surface area contributed by atoms with E-state index in [0.29, 0.717) is 5.54 Å². The van der Waals surface area contributed by atoms with Crippen LogP contribution in [0.15, 0.2) is 0 Å². The van der Waals surface area contributed by atoms with Gasteiger partial charge in [-0.15, -0.1) is 0 Å². The Balaban J connectivity index is 1.65. The van der Waals surface area contributed by atoms with Gasteiger partial charge < -0.3 is 5.73 Å². The molecule has 0 saturated heterocycles. The minimum absolute atomic E-state index is 0.295. The average molecular weight is 181 g/mol. The molecule has 0 spiro atoms. The number of rotatable bonds is 3. The second-order valence-corrected chi connectivity index (χ2v) is 5.53. The molecule has 2 aliphatic carbocycles. The molecule has 2 rings (SSSR count). The molecule has 2 fully saturated rings. The molecule has 0 atom stereocenters. The van der Waals surface area contributed by atoms with Gasteiger partial charge in [-0.3, -0.25) is 0 Å². The van der Waals surface area contributed by atoms with Crippen molar-refractivity contribution in [2.24, 2.45) is 17.6 Å². The van der Waals surface area contributed by atoms with Crippen LogP contribution in [0.1, 0.15) is 58.3 Å². The lowest BCUT2D eigenvalue weighted by Gasteiger charge is -2.26. The van der Waals surface area contributed by atoms with Crippen molar-refractivity contribution in [3.8, 4) is 0 Å². The van der Waals surface area contributed by atoms with E-state index < -0.39 is 0 Å². The van der Waals surface area contributed by atoms with E-state index in [1.807, 2.05) is 0 Å². The molecular weight excluding hydrogens is 158 g/mol. The number of hydrogen-bond acceptors (Lipinski definition) is 1. The van der Waals surface area contributed by atoms with Crippen LogP contribution in [0.25, 0.3) is 0 Å². The summed E-state index contributed by atoms with van der Waals surface area (Å²) in [4.78, 5) is 0. The number of nitrogens with two attached hydrogens (primary N) is 1. The van der Waals surface area contributed by atoms with Crippen molar-refractivity contribution in [3.05, 3.63) is 0 Å². The van der Waals surface area contributed by atoms with Gasteiger partial charge in [-0.2, -0.15) is 0 Å². The van der Waals surface area contributed by atoms with Crippen LogP contribution in [0, 0.1) is 11.8 Å². The molecule has 2 saturated carbocycles. The van der Waals surface area contributed by atoms with Crippen LogP contribution in [-0.2, 0) is 0 Å². The molecule has 0 aromatic carbocycles. The van der Waals surface area contributed by atoms with Gasteiger partial charge in [-0.1, -0.05) is 32.6 Å². The van der Waals surface area contributed by atoms with E-state index in [1.54, 1.807) is 0 Å². The minimum Gasteiger partial charge on any atom is -0.325 e. The zero-order chi connectivity index (χ0) is 9.31. The van der Waals surface area contributed by atoms with Crippen LogP contribution >= 0.6 is 0 Å². The monoisotopic (exact) mass is 181 g/mol. The average Bonchev–Trinajstić information content (AvgIpc) is 2.84. The Morgan fingerprint density at radius 3 is 2.31 bits per heavy atom. The molecule has 0 aliphatic heterocycles. The van der Waals surface area contributed by atoms with Gasteiger partial charge in [0, 0.05) is 5.54 Å². The van der Waals surface area contributed by atoms with E-state index in [2.05, 4.69) is 6.92 Å². The van der Waals surface area contributed by atoms with E-state index in [4.69, 9.17) is 5.73 Å². The maximum atomic E-state index is 6.09. The molecule has 0 amide bonds. The van der Waals surface area contributed by atoms with Crippen LogP contribution in [0.5, 0.6) is 0 Å². The molecule has 0 radical (unpaired) electrons. The predicted octanol–water partition coefficient (Wildman–Crippen LogP) is 3.08. The van der Waals surface area contributed by atoms with E-state index in [1.165, 1.54) is 51.4 Å². The van der Waals surface area contributed by atoms with Gasteiger partial charge in [0.2, 0.25) is 0 Å². The molecule has 2 N–H and O–H groups in total. The van der Waals surface area contributed by atoms with Crippen LogP contribution in [0.4, 0.5) is 0 Å². The zero-order valence-electron chi connectivity index (χ0n) is 8.89. The lowest BCUT2D eigenvalue weighted by Crippen LogP contribution is -2.23. The second kappa shape index (κ2) is 3.61. The summed E-state index contributed by atoms with van der Waals surface area (Å²) in [7, 11) is 0. The summed E-state index contributed by atoms with van der Waals surface area (Å²) in [5.74, 6) is 2.00. The topological polar surface area (TPSA) is 26.0 Å². The van der Waals surface area contributed by atoms with Gasteiger partial charge in [0.05, 0.1) is 0 Å². The second-order valence-electron chi connectivity index (χ2n) is 5.53. The molecule has 0 aromatic rings. The fourth-order valence-electron chi connectivity index (χ4n) is 2.52. The summed E-state index contributed by atoms with van der Waals surface area (Å²) in [5, 5.41) is 0. The third kappa shape index (κ3) is 2.70. The lowest BCUT2D eigenvalue weighted by molar-refractivity contribution is 0.267. The Kier molecular flexibility index (Phi) is 2.64. The molecule has 13 heavy (non-hydrogen) atoms. The summed E-state index contributed by atoms with van der Waals surface area (Å²) >= 11 is 0. The summed E-state index contributed by atoms with van der Waals surface area (Å²) in [6.07, 6.45) is 11.1. The highest BCUT2D eigenvalue weighted by Gasteiger charge is 2.38. The van der Waals surface area contributed by atoms with Gasteiger partial charge >= 0.3 is 0 Å². The minimum atomic E-state index is 0.295. The molecule has 0 heterocycles. The highest BCUT2D eigenvalue weighted by molar-refractivity contribution is 4.98. The first-order valence-electron chi connectivity index (χ1n) is 5.97. The normalized spacial score (nSPS) is 37.4. The Bertz CT molecular complexity index is 164. The standard InChI is InChI=1S/C12H23N/c1-10-2-4-11(5-3-10)6-7-12(13)8-9-12/h10-11H,2-9,13H2,1H3. The first kappa shape index (κ1) is 9.51. The predicted molar refractivity (Wildman–Crippen MR) is 56.5 cm³/mol. The molecule has 2 aliphatic rings. The molecule has 1 heteroatoms. The van der Waals surface area contributed by atoms with Crippen molar-refractivity contribution in [1.29, 1.82) is 0 Å². The van der Waals surface area contributed by atoms with Crippen LogP contribution in [-0.4, -0.2) is 5.54 Å². The Morgan fingerprint density at radius 2 is 1.77 bits per heavy atom. The Morgan fingerprint density at radius 1 is 1.15 bits per heavy atom. The van der Waals surface area contributed by atoms with E-state index in [9.17, 15) is 0 Å². The van der Waals surface area contributed by atoms with Gasteiger partial charge in [-0.25, -0.2) is 0 Å². The molecule has 0 bridgehead atoms. The Labute approximate surface area is 82.1 Å². The van der Waals surface area contributed by atoms with Crippen molar-refractivity contribution in [3.63, 3.8) is 0 Å². The van der Waals surface area contributed by atoms with Crippen molar-refractivity contribution in [1.82, 2.24) is 0 Å². The molecule has 76 valence electrons. The first-order chi connectivity index (χ1) is 6.18. The van der Waals surface area contributed by atoms with Crippen molar-refractivity contribution >= 4 is 0 Å². The zero-order valence-corrected chi connectivity index (χ0v) is 8.89. The van der Waals surface area contributed by atoms with Crippen LogP contribution in [0.2, 0.25) is 0 Å². The summed E-state index contributed by atoms with van der Waals surface area (Å²) in [5.41, 5.74) is 6.39. The van der Waals surface area contributed by atoms with Gasteiger partial charge in [0.25, 0.3) is 0 Å². The fourth-order valence-corrected chi connectivity index (χ4v) is 2.52. The third-order valence-electron chi connectivity index (χ3n) is 4.08. The quantitative estimate of drug-likeness (QED) is 0.711. The van der Waals surface area contributed by atoms with Gasteiger partial charge in [0.15, 0.2) is 0 Å². The Hall–Kier alpha value is -0.0400. The highest BCUT2D eigenvalue weighted by atomic mass is 14.8. The molecule has 0 aromatic heterocycles. The highest BCUT2D eigenvalue weighted by Crippen LogP contribution is 2.40. The van der Waals surface area contributed by atoms with Crippen molar-refractivity contribution in [2.45, 2.75) is 63.8 Å². The summed E-state index contributed by atoms with van der Waals surface area (Å²) in [6.45, 7) is 2.39. The smallest absolute Gasteiger partial charge is 0.0155 e. The van der Waals surface area contributed by atoms with Crippen LogP contribution < -0.4 is 5.73 Å². The largest absolute Gasteiger partial charge is 0.325 e. The van der Waals surface area contributed by atoms with Gasteiger partial charge in [0.1, 0.15) is 0 Å². The van der Waals surface area contributed by atoms with E-state index in [-0.39, 0.29) is 0 Å². The van der Waals surface area contributed by atoms with Crippen molar-refractivity contribution < 1.29 is 0 Å². The summed E-state index contributed by atoms with van der Waals surface area (Å²) in [6, 6.07) is 0. The van der Waals surface area contributed by atoms with Crippen molar-refractivity contribution in [2.75, 3.05) is 0 Å². The van der Waals surface area contributed by atoms with Gasteiger partial charge in [-0.05, 0) is 37.5 Å². The molecular formula is C12H23N. The van der Waals surface area contributed by atoms with E-state index >= 15 is 0 Å². The number of hydrogen-bond donors (Lipinski definition) is 1. The van der Waals surface area contributed by atoms with E-state index in [0.717, 1.165) is 11.8 Å². The maximum absolute atomic E-state index is 6.09. The SMILES string of the molecule is CC1CCC(CCC2(N)CC2)CC1. The fraction of sp³-hybridized carbons (Fsp3) is 1.00. The first-order valence-corrected chi connectivity index (χ1v) is 5.97. The molecule has 0 unspecified atom stereocenters. The maximum Gasteiger partial charge on any atom is 0.0155 e. The van der Waals surface area contributed by atoms with Crippen LogP contribution in [0.3, 0.4) is 0 Å².